The number of nitrogens with one attached hydrogen (secondary N) is 2. The fraction of sp³-hybridized carbons (Fsp3) is 0.190. The number of alkyl halides is 3. The van der Waals surface area contributed by atoms with Gasteiger partial charge >= 0.3 is 6.18 Å². The molecule has 0 aliphatic carbocycles. The summed E-state index contributed by atoms with van der Waals surface area (Å²) in [5.74, 6) is -2.25. The third-order valence-electron chi connectivity index (χ3n) is 4.34. The predicted molar refractivity (Wildman–Crippen MR) is 104 cm³/mol. The molecule has 2 amide bonds. The van der Waals surface area contributed by atoms with Crippen molar-refractivity contribution in [1.29, 1.82) is 0 Å². The molecule has 3 rings (SSSR count). The zero-order valence-electron chi connectivity index (χ0n) is 16.3. The number of para-hydroxylation sites is 1. The van der Waals surface area contributed by atoms with Crippen molar-refractivity contribution in [1.82, 2.24) is 20.4 Å². The molecule has 162 valence electrons. The van der Waals surface area contributed by atoms with E-state index in [1.807, 2.05) is 0 Å². The first-order valence-corrected chi connectivity index (χ1v) is 9.27. The van der Waals surface area contributed by atoms with Crippen LogP contribution in [0.3, 0.4) is 0 Å². The van der Waals surface area contributed by atoms with Crippen molar-refractivity contribution in [2.24, 2.45) is 0 Å². The summed E-state index contributed by atoms with van der Waals surface area (Å²) >= 11 is 0. The molecule has 0 aliphatic rings. The van der Waals surface area contributed by atoms with Gasteiger partial charge in [0, 0.05) is 18.7 Å². The van der Waals surface area contributed by atoms with Crippen LogP contribution in [-0.4, -0.2) is 28.1 Å². The minimum Gasteiger partial charge on any atom is -0.352 e. The van der Waals surface area contributed by atoms with E-state index < -0.39 is 34.8 Å². The van der Waals surface area contributed by atoms with Gasteiger partial charge in [-0.15, -0.1) is 0 Å². The number of amides is 2. The van der Waals surface area contributed by atoms with Gasteiger partial charge in [-0.2, -0.15) is 18.3 Å². The molecule has 0 fully saturated rings. The molecule has 0 radical (unpaired) electrons. The Morgan fingerprint density at radius 1 is 1.03 bits per heavy atom. The molecule has 0 saturated heterocycles. The van der Waals surface area contributed by atoms with Gasteiger partial charge in [0.2, 0.25) is 0 Å². The lowest BCUT2D eigenvalue weighted by molar-refractivity contribution is -0.143. The van der Waals surface area contributed by atoms with Gasteiger partial charge in [0.1, 0.15) is 11.5 Å². The monoisotopic (exact) mass is 434 g/mol. The molecular weight excluding hydrogens is 416 g/mol. The first-order chi connectivity index (χ1) is 14.7. The second-order valence-corrected chi connectivity index (χ2v) is 6.51. The Morgan fingerprint density at radius 2 is 1.77 bits per heavy atom. The highest BCUT2D eigenvalue weighted by Crippen LogP contribution is 2.34. The van der Waals surface area contributed by atoms with Gasteiger partial charge in [-0.05, 0) is 36.8 Å². The second-order valence-electron chi connectivity index (χ2n) is 6.51. The van der Waals surface area contributed by atoms with Gasteiger partial charge < -0.3 is 10.6 Å². The van der Waals surface area contributed by atoms with Crippen molar-refractivity contribution >= 4 is 11.8 Å². The molecule has 0 saturated carbocycles. The lowest BCUT2D eigenvalue weighted by atomic mass is 10.1. The van der Waals surface area contributed by atoms with Crippen LogP contribution >= 0.6 is 0 Å². The summed E-state index contributed by atoms with van der Waals surface area (Å²) in [6.07, 6.45) is -4.21. The molecule has 3 aromatic rings. The van der Waals surface area contributed by atoms with Gasteiger partial charge in [0.05, 0.1) is 11.8 Å². The van der Waals surface area contributed by atoms with Crippen LogP contribution in [0, 0.1) is 5.82 Å². The summed E-state index contributed by atoms with van der Waals surface area (Å²) in [4.78, 5) is 24.4. The van der Waals surface area contributed by atoms with Crippen molar-refractivity contribution in [3.8, 4) is 5.69 Å². The Labute approximate surface area is 174 Å². The van der Waals surface area contributed by atoms with Crippen LogP contribution in [0.1, 0.15) is 38.9 Å². The van der Waals surface area contributed by atoms with Crippen LogP contribution in [0.25, 0.3) is 5.69 Å². The van der Waals surface area contributed by atoms with E-state index in [0.29, 0.717) is 22.4 Å². The fourth-order valence-corrected chi connectivity index (χ4v) is 2.96. The largest absolute Gasteiger partial charge is 0.434 e. The summed E-state index contributed by atoms with van der Waals surface area (Å²) in [5, 5.41) is 8.61. The van der Waals surface area contributed by atoms with Gasteiger partial charge in [0.25, 0.3) is 11.8 Å². The molecule has 1 aromatic heterocycles. The van der Waals surface area contributed by atoms with Crippen molar-refractivity contribution in [2.75, 3.05) is 6.54 Å². The summed E-state index contributed by atoms with van der Waals surface area (Å²) in [5.41, 5.74) is -1.67. The third-order valence-corrected chi connectivity index (χ3v) is 4.34. The number of halogens is 4. The Bertz CT molecular complexity index is 1110. The fourth-order valence-electron chi connectivity index (χ4n) is 2.96. The van der Waals surface area contributed by atoms with Crippen LogP contribution in [0.4, 0.5) is 17.6 Å². The van der Waals surface area contributed by atoms with Crippen molar-refractivity contribution in [3.05, 3.63) is 82.9 Å². The summed E-state index contributed by atoms with van der Waals surface area (Å²) in [6.45, 7) is 2.09. The van der Waals surface area contributed by atoms with E-state index >= 15 is 0 Å². The zero-order chi connectivity index (χ0) is 22.6. The lowest BCUT2D eigenvalue weighted by Crippen LogP contribution is -2.27. The molecule has 31 heavy (non-hydrogen) atoms. The van der Waals surface area contributed by atoms with E-state index in [1.165, 1.54) is 18.2 Å². The first kappa shape index (κ1) is 22.0. The lowest BCUT2D eigenvalue weighted by Gasteiger charge is -2.13. The van der Waals surface area contributed by atoms with E-state index in [4.69, 9.17) is 0 Å². The number of carbonyl (C=O) groups excluding carboxylic acids is 2. The maximum atomic E-state index is 14.0. The summed E-state index contributed by atoms with van der Waals surface area (Å²) in [7, 11) is 0. The molecule has 2 N–H and O–H groups in total. The van der Waals surface area contributed by atoms with Crippen molar-refractivity contribution < 1.29 is 27.2 Å². The standard InChI is InChI=1S/C21H18F4N4O2/c1-2-26-19(30)14-7-5-6-13(10-14)11-27-20(31)15-12-28-29(18(15)21(23,24)25)17-9-4-3-8-16(17)22/h3-10,12H,2,11H2,1H3,(H,26,30)(H,27,31). The summed E-state index contributed by atoms with van der Waals surface area (Å²) < 4.78 is 55.5. The maximum absolute atomic E-state index is 14.0. The van der Waals surface area contributed by atoms with E-state index in [0.717, 1.165) is 18.3 Å². The Balaban J connectivity index is 1.85. The van der Waals surface area contributed by atoms with Crippen LogP contribution in [-0.2, 0) is 12.7 Å². The van der Waals surface area contributed by atoms with E-state index in [2.05, 4.69) is 15.7 Å². The van der Waals surface area contributed by atoms with Gasteiger partial charge in [-0.3, -0.25) is 9.59 Å². The molecule has 6 nitrogen and oxygen atoms in total. The number of benzene rings is 2. The van der Waals surface area contributed by atoms with Gasteiger partial charge in [-0.1, -0.05) is 24.3 Å². The minimum atomic E-state index is -4.95. The molecule has 0 unspecified atom stereocenters. The van der Waals surface area contributed by atoms with Crippen LogP contribution in [0.2, 0.25) is 0 Å². The third kappa shape index (κ3) is 4.90. The Hall–Kier alpha value is -3.69. The average molecular weight is 434 g/mol. The Morgan fingerprint density at radius 3 is 2.45 bits per heavy atom. The molecule has 0 atom stereocenters. The number of hydrogen-bond acceptors (Lipinski definition) is 3. The molecule has 0 aliphatic heterocycles. The SMILES string of the molecule is CCNC(=O)c1cccc(CNC(=O)c2cnn(-c3ccccc3F)c2C(F)(F)F)c1. The van der Waals surface area contributed by atoms with Crippen LogP contribution in [0.5, 0.6) is 0 Å². The molecule has 10 heteroatoms. The van der Waals surface area contributed by atoms with E-state index in [9.17, 15) is 27.2 Å². The number of rotatable bonds is 6. The van der Waals surface area contributed by atoms with E-state index in [-0.39, 0.29) is 12.5 Å². The quantitative estimate of drug-likeness (QED) is 0.581. The maximum Gasteiger partial charge on any atom is 0.434 e. The molecule has 1 heterocycles. The van der Waals surface area contributed by atoms with Gasteiger partial charge in [-0.25, -0.2) is 9.07 Å². The number of hydrogen-bond donors (Lipinski definition) is 2. The average Bonchev–Trinajstić information content (AvgIpc) is 3.18. The van der Waals surface area contributed by atoms with Crippen LogP contribution < -0.4 is 10.6 Å². The van der Waals surface area contributed by atoms with Gasteiger partial charge in [0.15, 0.2) is 5.69 Å². The highest BCUT2D eigenvalue weighted by molar-refractivity contribution is 5.96. The molecule has 2 aromatic carbocycles. The number of aromatic nitrogens is 2. The Kier molecular flexibility index (Phi) is 6.38. The first-order valence-electron chi connectivity index (χ1n) is 9.27. The smallest absolute Gasteiger partial charge is 0.352 e. The highest BCUT2D eigenvalue weighted by atomic mass is 19.4. The van der Waals surface area contributed by atoms with Crippen LogP contribution in [0.15, 0.2) is 54.7 Å². The summed E-state index contributed by atoms with van der Waals surface area (Å²) in [6, 6.07) is 11.2. The van der Waals surface area contributed by atoms with Crippen molar-refractivity contribution in [2.45, 2.75) is 19.6 Å². The zero-order valence-corrected chi connectivity index (χ0v) is 16.3. The topological polar surface area (TPSA) is 76.0 Å². The second kappa shape index (κ2) is 8.99. The molecular formula is C21H18F4N4O2. The number of carbonyl (C=O) groups is 2. The number of nitrogens with zero attached hydrogens (tertiary/aromatic N) is 2. The van der Waals surface area contributed by atoms with E-state index in [1.54, 1.807) is 25.1 Å². The highest BCUT2D eigenvalue weighted by Gasteiger charge is 2.41. The minimum absolute atomic E-state index is 0.117. The predicted octanol–water partition coefficient (Wildman–Crippen LogP) is 3.71. The normalized spacial score (nSPS) is 11.3. The van der Waals surface area contributed by atoms with Crippen molar-refractivity contribution in [3.63, 3.8) is 0 Å². The molecule has 0 spiro atoms. The molecule has 0 bridgehead atoms.